The first-order valence-corrected chi connectivity index (χ1v) is 9.24. The first-order valence-electron chi connectivity index (χ1n) is 8.36. The number of esters is 1. The quantitative estimate of drug-likeness (QED) is 0.608. The lowest BCUT2D eigenvalue weighted by Crippen LogP contribution is -2.21. The number of hydrogen-bond donors (Lipinski definition) is 1. The minimum Gasteiger partial charge on any atom is -0.486 e. The summed E-state index contributed by atoms with van der Waals surface area (Å²) >= 11 is 1.51. The lowest BCUT2D eigenvalue weighted by Gasteiger charge is -2.11. The number of benzene rings is 2. The number of anilines is 1. The summed E-state index contributed by atoms with van der Waals surface area (Å²) in [7, 11) is 0. The second kappa shape index (κ2) is 9.09. The van der Waals surface area contributed by atoms with Gasteiger partial charge in [0.15, 0.2) is 6.61 Å². The number of nitrogens with zero attached hydrogens (tertiary/aromatic N) is 1. The fraction of sp³-hybridized carbons (Fsp3) is 0.150. The van der Waals surface area contributed by atoms with E-state index in [-0.39, 0.29) is 17.9 Å². The molecule has 0 fully saturated rings. The minimum atomic E-state index is -0.695. The molecule has 8 heteroatoms. The molecule has 0 atom stereocenters. The summed E-state index contributed by atoms with van der Waals surface area (Å²) in [4.78, 5) is 28.5. The standard InChI is InChI=1S/C20H17FN2O4S/c1-13-22-16(12-28-13)10-26-18-8-3-2-7-17(18)20(25)27-11-19(24)23-15-6-4-5-14(21)9-15/h2-9,12H,10-11H2,1H3,(H,23,24). The van der Waals surface area contributed by atoms with Crippen LogP contribution in [0.25, 0.3) is 0 Å². The van der Waals surface area contributed by atoms with Crippen molar-refractivity contribution in [3.8, 4) is 5.75 Å². The maximum Gasteiger partial charge on any atom is 0.342 e. The van der Waals surface area contributed by atoms with Crippen molar-refractivity contribution in [1.29, 1.82) is 0 Å². The summed E-state index contributed by atoms with van der Waals surface area (Å²) in [5.41, 5.74) is 1.25. The van der Waals surface area contributed by atoms with E-state index >= 15 is 0 Å². The number of aromatic nitrogens is 1. The van der Waals surface area contributed by atoms with Crippen LogP contribution in [0.5, 0.6) is 5.75 Å². The molecule has 0 radical (unpaired) electrons. The van der Waals surface area contributed by atoms with Crippen molar-refractivity contribution >= 4 is 28.9 Å². The van der Waals surface area contributed by atoms with E-state index in [1.165, 1.54) is 35.6 Å². The lowest BCUT2D eigenvalue weighted by atomic mass is 10.2. The van der Waals surface area contributed by atoms with Gasteiger partial charge in [-0.25, -0.2) is 14.2 Å². The molecule has 3 rings (SSSR count). The summed E-state index contributed by atoms with van der Waals surface area (Å²) in [5, 5.41) is 5.27. The Balaban J connectivity index is 1.57. The molecular weight excluding hydrogens is 383 g/mol. The van der Waals surface area contributed by atoms with Crippen molar-refractivity contribution in [1.82, 2.24) is 4.98 Å². The van der Waals surface area contributed by atoms with Crippen molar-refractivity contribution < 1.29 is 23.5 Å². The van der Waals surface area contributed by atoms with Gasteiger partial charge in [0.05, 0.1) is 10.7 Å². The van der Waals surface area contributed by atoms with Crippen molar-refractivity contribution in [2.24, 2.45) is 0 Å². The van der Waals surface area contributed by atoms with Gasteiger partial charge in [0, 0.05) is 11.1 Å². The topological polar surface area (TPSA) is 77.5 Å². The predicted octanol–water partition coefficient (Wildman–Crippen LogP) is 3.97. The molecule has 0 aliphatic carbocycles. The summed E-state index contributed by atoms with van der Waals surface area (Å²) in [5.74, 6) is -1.41. The zero-order valence-electron chi connectivity index (χ0n) is 15.0. The smallest absolute Gasteiger partial charge is 0.342 e. The summed E-state index contributed by atoms with van der Waals surface area (Å²) in [6, 6.07) is 12.0. The highest BCUT2D eigenvalue weighted by Gasteiger charge is 2.16. The highest BCUT2D eigenvalue weighted by molar-refractivity contribution is 7.09. The number of thiazole rings is 1. The molecular formula is C20H17FN2O4S. The maximum absolute atomic E-state index is 13.1. The number of amides is 1. The van der Waals surface area contributed by atoms with E-state index in [9.17, 15) is 14.0 Å². The summed E-state index contributed by atoms with van der Waals surface area (Å²) in [6.45, 7) is 1.61. The van der Waals surface area contributed by atoms with E-state index < -0.39 is 24.3 Å². The van der Waals surface area contributed by atoms with E-state index in [0.717, 1.165) is 10.7 Å². The van der Waals surface area contributed by atoms with Gasteiger partial charge in [-0.2, -0.15) is 0 Å². The van der Waals surface area contributed by atoms with Gasteiger partial charge in [-0.1, -0.05) is 18.2 Å². The molecule has 6 nitrogen and oxygen atoms in total. The number of carbonyl (C=O) groups is 2. The van der Waals surface area contributed by atoms with Crippen LogP contribution < -0.4 is 10.1 Å². The summed E-state index contributed by atoms with van der Waals surface area (Å²) < 4.78 is 23.9. The molecule has 0 saturated carbocycles. The van der Waals surface area contributed by atoms with Gasteiger partial charge >= 0.3 is 5.97 Å². The van der Waals surface area contributed by atoms with Crippen LogP contribution in [0.15, 0.2) is 53.9 Å². The maximum atomic E-state index is 13.1. The molecule has 28 heavy (non-hydrogen) atoms. The van der Waals surface area contributed by atoms with E-state index in [2.05, 4.69) is 10.3 Å². The Morgan fingerprint density at radius 2 is 2.00 bits per heavy atom. The molecule has 0 aliphatic rings. The molecule has 0 unspecified atom stereocenters. The van der Waals surface area contributed by atoms with Gasteiger partial charge in [-0.15, -0.1) is 11.3 Å². The Kier molecular flexibility index (Phi) is 6.33. The van der Waals surface area contributed by atoms with Crippen LogP contribution in [0, 0.1) is 12.7 Å². The van der Waals surface area contributed by atoms with E-state index in [0.29, 0.717) is 5.75 Å². The number of nitrogens with one attached hydrogen (secondary N) is 1. The Labute approximate surface area is 164 Å². The first-order chi connectivity index (χ1) is 13.5. The average Bonchev–Trinajstić information content (AvgIpc) is 3.10. The van der Waals surface area contributed by atoms with Crippen molar-refractivity contribution in [3.05, 3.63) is 76.0 Å². The molecule has 3 aromatic rings. The normalized spacial score (nSPS) is 10.4. The number of ether oxygens (including phenoxy) is 2. The third-order valence-electron chi connectivity index (χ3n) is 3.59. The molecule has 0 bridgehead atoms. The third kappa shape index (κ3) is 5.37. The fourth-order valence-electron chi connectivity index (χ4n) is 2.36. The van der Waals surface area contributed by atoms with Gasteiger partial charge < -0.3 is 14.8 Å². The van der Waals surface area contributed by atoms with Crippen LogP contribution in [0.3, 0.4) is 0 Å². The highest BCUT2D eigenvalue weighted by atomic mass is 32.1. The second-order valence-electron chi connectivity index (χ2n) is 5.78. The van der Waals surface area contributed by atoms with Crippen molar-refractivity contribution in [2.75, 3.05) is 11.9 Å². The molecule has 0 aliphatic heterocycles. The van der Waals surface area contributed by atoms with E-state index in [4.69, 9.17) is 9.47 Å². The highest BCUT2D eigenvalue weighted by Crippen LogP contribution is 2.21. The Morgan fingerprint density at radius 3 is 2.75 bits per heavy atom. The summed E-state index contributed by atoms with van der Waals surface area (Å²) in [6.07, 6.45) is 0. The molecule has 1 heterocycles. The molecule has 1 N–H and O–H groups in total. The molecule has 0 spiro atoms. The van der Waals surface area contributed by atoms with Crippen molar-refractivity contribution in [3.63, 3.8) is 0 Å². The number of halogens is 1. The van der Waals surface area contributed by atoms with Crippen LogP contribution in [0.4, 0.5) is 10.1 Å². The Hall–Kier alpha value is -3.26. The van der Waals surface area contributed by atoms with Gasteiger partial charge in [-0.05, 0) is 37.3 Å². The van der Waals surface area contributed by atoms with Gasteiger partial charge in [0.25, 0.3) is 5.91 Å². The molecule has 144 valence electrons. The Morgan fingerprint density at radius 1 is 1.18 bits per heavy atom. The number of carbonyl (C=O) groups excluding carboxylic acids is 2. The largest absolute Gasteiger partial charge is 0.486 e. The van der Waals surface area contributed by atoms with Gasteiger partial charge in [0.1, 0.15) is 23.7 Å². The van der Waals surface area contributed by atoms with Crippen LogP contribution in [-0.2, 0) is 16.1 Å². The molecule has 1 aromatic heterocycles. The number of aryl methyl sites for hydroxylation is 1. The van der Waals surface area contributed by atoms with Crippen LogP contribution in [0.1, 0.15) is 21.1 Å². The van der Waals surface area contributed by atoms with E-state index in [1.54, 1.807) is 24.3 Å². The predicted molar refractivity (Wildman–Crippen MR) is 103 cm³/mol. The number of hydrogen-bond acceptors (Lipinski definition) is 6. The molecule has 1 amide bonds. The Bertz CT molecular complexity index is 990. The van der Waals surface area contributed by atoms with Crippen LogP contribution in [-0.4, -0.2) is 23.5 Å². The third-order valence-corrected chi connectivity index (χ3v) is 4.41. The van der Waals surface area contributed by atoms with Crippen LogP contribution in [0.2, 0.25) is 0 Å². The fourth-order valence-corrected chi connectivity index (χ4v) is 2.96. The van der Waals surface area contributed by atoms with E-state index in [1.807, 2.05) is 12.3 Å². The lowest BCUT2D eigenvalue weighted by molar-refractivity contribution is -0.119. The first kappa shape index (κ1) is 19.5. The van der Waals surface area contributed by atoms with Gasteiger partial charge in [-0.3, -0.25) is 4.79 Å². The minimum absolute atomic E-state index is 0.202. The molecule has 0 saturated heterocycles. The average molecular weight is 400 g/mol. The number of rotatable bonds is 7. The second-order valence-corrected chi connectivity index (χ2v) is 6.84. The van der Waals surface area contributed by atoms with Gasteiger partial charge in [0.2, 0.25) is 0 Å². The van der Waals surface area contributed by atoms with Crippen molar-refractivity contribution in [2.45, 2.75) is 13.5 Å². The van der Waals surface area contributed by atoms with Crippen LogP contribution >= 0.6 is 11.3 Å². The monoisotopic (exact) mass is 400 g/mol. The molecule has 2 aromatic carbocycles. The number of para-hydroxylation sites is 1. The zero-order valence-corrected chi connectivity index (χ0v) is 15.8. The SMILES string of the molecule is Cc1nc(COc2ccccc2C(=O)OCC(=O)Nc2cccc(F)c2)cs1. The zero-order chi connectivity index (χ0) is 19.9.